The highest BCUT2D eigenvalue weighted by Crippen LogP contribution is 2.44. The zero-order chi connectivity index (χ0) is 18.1. The van der Waals surface area contributed by atoms with E-state index in [9.17, 15) is 9.90 Å². The highest BCUT2D eigenvalue weighted by molar-refractivity contribution is 7.18. The Kier molecular flexibility index (Phi) is 5.02. The van der Waals surface area contributed by atoms with E-state index < -0.39 is 5.60 Å². The van der Waals surface area contributed by atoms with Crippen molar-refractivity contribution in [2.45, 2.75) is 57.5 Å². The SMILES string of the molecule is CC[C@]1(O)CCC[C@H]2CN(C(=O)CCCc3nc4ccccc4s3)C[C@H]21. The summed E-state index contributed by atoms with van der Waals surface area (Å²) in [6.07, 6.45) is 6.23. The number of likely N-dealkylation sites (tertiary alicyclic amines) is 1. The normalized spacial score (nSPS) is 28.5. The molecule has 4 rings (SSSR count). The lowest BCUT2D eigenvalue weighted by molar-refractivity contribution is -0.130. The number of fused-ring (bicyclic) bond motifs is 2. The minimum Gasteiger partial charge on any atom is -0.390 e. The Hall–Kier alpha value is -1.46. The van der Waals surface area contributed by atoms with Gasteiger partial charge in [0.2, 0.25) is 5.91 Å². The number of benzene rings is 1. The van der Waals surface area contributed by atoms with Crippen molar-refractivity contribution >= 4 is 27.5 Å². The number of carbonyl (C=O) groups excluding carboxylic acids is 1. The number of para-hydroxylation sites is 1. The number of rotatable bonds is 5. The maximum Gasteiger partial charge on any atom is 0.222 e. The predicted molar refractivity (Wildman–Crippen MR) is 105 cm³/mol. The van der Waals surface area contributed by atoms with Crippen LogP contribution < -0.4 is 0 Å². The summed E-state index contributed by atoms with van der Waals surface area (Å²) in [6, 6.07) is 8.20. The second-order valence-corrected chi connectivity index (χ2v) is 9.06. The minimum atomic E-state index is -0.557. The summed E-state index contributed by atoms with van der Waals surface area (Å²) < 4.78 is 1.22. The van der Waals surface area contributed by atoms with Crippen LogP contribution in [0.5, 0.6) is 0 Å². The molecule has 2 aliphatic rings. The van der Waals surface area contributed by atoms with E-state index in [1.165, 1.54) is 4.70 Å². The van der Waals surface area contributed by atoms with Crippen LogP contribution in [0.25, 0.3) is 10.2 Å². The van der Waals surface area contributed by atoms with Crippen LogP contribution in [0.2, 0.25) is 0 Å². The standard InChI is InChI=1S/C21H28N2O2S/c1-2-21(25)12-6-7-15-13-23(14-16(15)21)20(24)11-5-10-19-22-17-8-3-4-9-18(17)26-19/h3-4,8-9,15-16,25H,2,5-7,10-14H2,1H3/t15-,16+,21-/m0/s1. The first-order chi connectivity index (χ1) is 12.6. The number of nitrogens with zero attached hydrogens (tertiary/aromatic N) is 2. The molecule has 1 saturated carbocycles. The zero-order valence-corrected chi connectivity index (χ0v) is 16.3. The van der Waals surface area contributed by atoms with Crippen LogP contribution in [0.3, 0.4) is 0 Å². The van der Waals surface area contributed by atoms with Crippen molar-refractivity contribution in [2.75, 3.05) is 13.1 Å². The molecule has 1 saturated heterocycles. The number of aryl methyl sites for hydroxylation is 1. The molecule has 4 nitrogen and oxygen atoms in total. The smallest absolute Gasteiger partial charge is 0.222 e. The van der Waals surface area contributed by atoms with Gasteiger partial charge >= 0.3 is 0 Å². The van der Waals surface area contributed by atoms with E-state index in [0.29, 0.717) is 12.3 Å². The number of aromatic nitrogens is 1. The minimum absolute atomic E-state index is 0.249. The average Bonchev–Trinajstić information content (AvgIpc) is 3.26. The lowest BCUT2D eigenvalue weighted by atomic mass is 9.69. The summed E-state index contributed by atoms with van der Waals surface area (Å²) in [5.74, 6) is 1.01. The molecule has 0 bridgehead atoms. The molecule has 1 N–H and O–H groups in total. The predicted octanol–water partition coefficient (Wildman–Crippen LogP) is 4.02. The van der Waals surface area contributed by atoms with Gasteiger partial charge in [-0.2, -0.15) is 0 Å². The fourth-order valence-corrected chi connectivity index (χ4v) is 5.86. The van der Waals surface area contributed by atoms with Crippen LogP contribution >= 0.6 is 11.3 Å². The van der Waals surface area contributed by atoms with Gasteiger partial charge in [0.1, 0.15) is 0 Å². The van der Waals surface area contributed by atoms with Gasteiger partial charge in [-0.15, -0.1) is 11.3 Å². The van der Waals surface area contributed by atoms with Crippen molar-refractivity contribution in [3.8, 4) is 0 Å². The van der Waals surface area contributed by atoms with E-state index in [0.717, 1.165) is 62.1 Å². The molecule has 26 heavy (non-hydrogen) atoms. The fourth-order valence-electron chi connectivity index (χ4n) is 4.85. The van der Waals surface area contributed by atoms with E-state index in [2.05, 4.69) is 18.0 Å². The Bertz CT molecular complexity index is 756. The molecule has 2 fully saturated rings. The van der Waals surface area contributed by atoms with Gasteiger partial charge in [0.05, 0.1) is 20.8 Å². The molecular formula is C21H28N2O2S. The molecule has 0 unspecified atom stereocenters. The van der Waals surface area contributed by atoms with Crippen molar-refractivity contribution < 1.29 is 9.90 Å². The van der Waals surface area contributed by atoms with Crippen LogP contribution in [0, 0.1) is 11.8 Å². The number of aliphatic hydroxyl groups is 1. The van der Waals surface area contributed by atoms with Crippen LogP contribution in [0.4, 0.5) is 0 Å². The van der Waals surface area contributed by atoms with Gasteiger partial charge in [-0.25, -0.2) is 4.98 Å². The first kappa shape index (κ1) is 17.9. The number of hydrogen-bond donors (Lipinski definition) is 1. The van der Waals surface area contributed by atoms with Gasteiger partial charge in [0.25, 0.3) is 0 Å². The largest absolute Gasteiger partial charge is 0.390 e. The van der Waals surface area contributed by atoms with Crippen molar-refractivity contribution in [2.24, 2.45) is 11.8 Å². The number of thiazole rings is 1. The molecule has 0 spiro atoms. The first-order valence-corrected chi connectivity index (χ1v) is 10.8. The van der Waals surface area contributed by atoms with E-state index in [-0.39, 0.29) is 11.8 Å². The highest BCUT2D eigenvalue weighted by Gasteiger charge is 2.48. The Balaban J connectivity index is 1.31. The van der Waals surface area contributed by atoms with Crippen molar-refractivity contribution in [3.63, 3.8) is 0 Å². The topological polar surface area (TPSA) is 53.4 Å². The Morgan fingerprint density at radius 1 is 1.38 bits per heavy atom. The number of carbonyl (C=O) groups is 1. The Morgan fingerprint density at radius 2 is 2.23 bits per heavy atom. The zero-order valence-electron chi connectivity index (χ0n) is 15.5. The van der Waals surface area contributed by atoms with Crippen LogP contribution in [0.1, 0.15) is 50.5 Å². The third-order valence-electron chi connectivity index (χ3n) is 6.40. The van der Waals surface area contributed by atoms with Gasteiger partial charge < -0.3 is 10.0 Å². The summed E-state index contributed by atoms with van der Waals surface area (Å²) in [6.45, 7) is 3.66. The lowest BCUT2D eigenvalue weighted by Gasteiger charge is -2.40. The number of hydrogen-bond acceptors (Lipinski definition) is 4. The average molecular weight is 373 g/mol. The summed E-state index contributed by atoms with van der Waals surface area (Å²) in [5.41, 5.74) is 0.500. The van der Waals surface area contributed by atoms with Crippen molar-refractivity contribution in [3.05, 3.63) is 29.3 Å². The van der Waals surface area contributed by atoms with Gasteiger partial charge in [-0.3, -0.25) is 4.79 Å². The van der Waals surface area contributed by atoms with E-state index in [1.54, 1.807) is 11.3 Å². The van der Waals surface area contributed by atoms with Gasteiger partial charge in [-0.1, -0.05) is 25.5 Å². The van der Waals surface area contributed by atoms with Gasteiger partial charge in [0.15, 0.2) is 0 Å². The molecular weight excluding hydrogens is 344 g/mol. The number of amides is 1. The molecule has 1 aliphatic carbocycles. The maximum absolute atomic E-state index is 12.7. The molecule has 5 heteroatoms. The molecule has 3 atom stereocenters. The second kappa shape index (κ2) is 7.28. The maximum atomic E-state index is 12.7. The van der Waals surface area contributed by atoms with E-state index in [4.69, 9.17) is 0 Å². The first-order valence-electron chi connectivity index (χ1n) is 9.93. The van der Waals surface area contributed by atoms with Gasteiger partial charge in [0, 0.05) is 25.4 Å². The third-order valence-corrected chi connectivity index (χ3v) is 7.50. The fraction of sp³-hybridized carbons (Fsp3) is 0.619. The molecule has 2 aromatic rings. The molecule has 140 valence electrons. The quantitative estimate of drug-likeness (QED) is 0.862. The summed E-state index contributed by atoms with van der Waals surface area (Å²) in [4.78, 5) is 19.3. The van der Waals surface area contributed by atoms with Gasteiger partial charge in [-0.05, 0) is 50.2 Å². The van der Waals surface area contributed by atoms with Crippen LogP contribution in [0.15, 0.2) is 24.3 Å². The summed E-state index contributed by atoms with van der Waals surface area (Å²) in [7, 11) is 0. The molecule has 2 heterocycles. The Labute approximate surface area is 159 Å². The Morgan fingerprint density at radius 3 is 3.04 bits per heavy atom. The third kappa shape index (κ3) is 3.39. The highest BCUT2D eigenvalue weighted by atomic mass is 32.1. The second-order valence-electron chi connectivity index (χ2n) is 7.94. The molecule has 0 radical (unpaired) electrons. The van der Waals surface area contributed by atoms with Crippen LogP contribution in [-0.2, 0) is 11.2 Å². The van der Waals surface area contributed by atoms with Crippen molar-refractivity contribution in [1.82, 2.24) is 9.88 Å². The molecule has 1 aromatic heterocycles. The summed E-state index contributed by atoms with van der Waals surface area (Å²) in [5, 5.41) is 12.0. The van der Waals surface area contributed by atoms with E-state index >= 15 is 0 Å². The molecule has 1 amide bonds. The summed E-state index contributed by atoms with van der Waals surface area (Å²) >= 11 is 1.73. The molecule has 1 aliphatic heterocycles. The van der Waals surface area contributed by atoms with Crippen LogP contribution in [-0.4, -0.2) is 39.6 Å². The monoisotopic (exact) mass is 372 g/mol. The van der Waals surface area contributed by atoms with E-state index in [1.807, 2.05) is 23.1 Å². The molecule has 1 aromatic carbocycles. The lowest BCUT2D eigenvalue weighted by Crippen LogP contribution is -2.44. The van der Waals surface area contributed by atoms with Crippen molar-refractivity contribution in [1.29, 1.82) is 0 Å².